The molecule has 4 rings (SSSR count). The fourth-order valence-corrected chi connectivity index (χ4v) is 8.34. The Morgan fingerprint density at radius 1 is 1.19 bits per heavy atom. The predicted octanol–water partition coefficient (Wildman–Crippen LogP) is 6.93. The summed E-state index contributed by atoms with van der Waals surface area (Å²) >= 11 is 0. The molecular weight excluding hydrogens is 396 g/mol. The quantitative estimate of drug-likeness (QED) is 0.456. The number of carbonyl (C=O) groups is 1. The molecule has 3 heteroatoms. The van der Waals surface area contributed by atoms with Gasteiger partial charge in [0.1, 0.15) is 0 Å². The van der Waals surface area contributed by atoms with Crippen molar-refractivity contribution in [1.29, 1.82) is 0 Å². The first-order valence-electron chi connectivity index (χ1n) is 13.0. The minimum Gasteiger partial charge on any atom is -0.481 e. The van der Waals surface area contributed by atoms with Gasteiger partial charge in [0.2, 0.25) is 0 Å². The number of aliphatic carboxylic acids is 1. The van der Waals surface area contributed by atoms with E-state index in [2.05, 4.69) is 40.3 Å². The van der Waals surface area contributed by atoms with Crippen LogP contribution in [0.1, 0.15) is 92.4 Å². The molecule has 178 valence electrons. The zero-order valence-corrected chi connectivity index (χ0v) is 20.9. The smallest absolute Gasteiger partial charge is 0.312 e. The maximum atomic E-state index is 12.3. The molecule has 2 fully saturated rings. The summed E-state index contributed by atoms with van der Waals surface area (Å²) in [6, 6.07) is 0. The van der Waals surface area contributed by atoms with Crippen LogP contribution in [0.2, 0.25) is 0 Å². The van der Waals surface area contributed by atoms with E-state index in [9.17, 15) is 15.0 Å². The molecular formula is C29H44O3. The third kappa shape index (κ3) is 3.54. The van der Waals surface area contributed by atoms with Crippen LogP contribution >= 0.6 is 0 Å². The maximum absolute atomic E-state index is 12.3. The number of fused-ring (bicyclic) bond motifs is 4. The van der Waals surface area contributed by atoms with Crippen molar-refractivity contribution in [2.24, 2.45) is 40.4 Å². The molecule has 0 unspecified atom stereocenters. The molecule has 0 radical (unpaired) electrons. The molecule has 0 heterocycles. The minimum atomic E-state index is -1.04. The highest BCUT2D eigenvalue weighted by Crippen LogP contribution is 2.66. The Bertz CT molecular complexity index is 846. The second-order valence-corrected chi connectivity index (χ2v) is 12.2. The number of hydrogen-bond acceptors (Lipinski definition) is 2. The van der Waals surface area contributed by atoms with Crippen LogP contribution in [0.3, 0.4) is 0 Å². The Morgan fingerprint density at radius 2 is 1.91 bits per heavy atom. The van der Waals surface area contributed by atoms with Gasteiger partial charge in [-0.2, -0.15) is 0 Å². The van der Waals surface area contributed by atoms with Gasteiger partial charge in [-0.3, -0.25) is 4.79 Å². The summed E-state index contributed by atoms with van der Waals surface area (Å²) in [4.78, 5) is 12.3. The van der Waals surface area contributed by atoms with Crippen LogP contribution in [0, 0.1) is 40.4 Å². The van der Waals surface area contributed by atoms with Gasteiger partial charge >= 0.3 is 5.97 Å². The highest BCUT2D eigenvalue weighted by atomic mass is 16.4. The standard InChI is InChI=1S/C29H44O3/c1-17(2)8-7-9-18(3)20-10-11-21-22-12-13-25-28(5,24(22)16-23(21)19(20)4)15-14-26(30)29(25,6)27(31)32/h8,18,20-21,23,25-26,30H,4,7,9-16H2,1-3,5-6H3,(H,31,32)/t18-,20-,21+,23+,25+,26+,28-,29+/m1/s1. The van der Waals surface area contributed by atoms with Gasteiger partial charge in [-0.25, -0.2) is 0 Å². The Balaban J connectivity index is 1.55. The van der Waals surface area contributed by atoms with Crippen LogP contribution < -0.4 is 0 Å². The van der Waals surface area contributed by atoms with Gasteiger partial charge in [-0.1, -0.05) is 48.8 Å². The lowest BCUT2D eigenvalue weighted by molar-refractivity contribution is -0.174. The highest BCUT2D eigenvalue weighted by molar-refractivity contribution is 5.76. The monoisotopic (exact) mass is 440 g/mol. The average molecular weight is 441 g/mol. The molecule has 8 atom stereocenters. The molecule has 2 saturated carbocycles. The summed E-state index contributed by atoms with van der Waals surface area (Å²) < 4.78 is 0. The van der Waals surface area contributed by atoms with E-state index in [1.54, 1.807) is 18.1 Å². The minimum absolute atomic E-state index is 0.0159. The molecule has 0 saturated heterocycles. The van der Waals surface area contributed by atoms with Gasteiger partial charge in [-0.15, -0.1) is 0 Å². The largest absolute Gasteiger partial charge is 0.481 e. The maximum Gasteiger partial charge on any atom is 0.312 e. The van der Waals surface area contributed by atoms with Gasteiger partial charge < -0.3 is 10.2 Å². The van der Waals surface area contributed by atoms with Gasteiger partial charge in [0, 0.05) is 0 Å². The van der Waals surface area contributed by atoms with Crippen molar-refractivity contribution in [2.45, 2.75) is 98.5 Å². The number of aliphatic hydroxyl groups excluding tert-OH is 1. The summed E-state index contributed by atoms with van der Waals surface area (Å²) in [6.45, 7) is 15.6. The summed E-state index contributed by atoms with van der Waals surface area (Å²) in [6.07, 6.45) is 11.0. The second-order valence-electron chi connectivity index (χ2n) is 12.2. The normalized spacial score (nSPS) is 42.1. The Labute approximate surface area is 195 Å². The van der Waals surface area contributed by atoms with E-state index in [1.165, 1.54) is 30.4 Å². The predicted molar refractivity (Wildman–Crippen MR) is 130 cm³/mol. The summed E-state index contributed by atoms with van der Waals surface area (Å²) in [5.41, 5.74) is 4.94. The van der Waals surface area contributed by atoms with E-state index in [1.807, 2.05) is 0 Å². The van der Waals surface area contributed by atoms with Crippen LogP contribution in [-0.4, -0.2) is 22.3 Å². The van der Waals surface area contributed by atoms with Gasteiger partial charge in [0.25, 0.3) is 0 Å². The molecule has 0 aromatic heterocycles. The number of carboxylic acids is 1. The number of allylic oxidation sites excluding steroid dienone is 5. The van der Waals surface area contributed by atoms with Crippen molar-refractivity contribution >= 4 is 5.97 Å². The first kappa shape index (κ1) is 23.8. The van der Waals surface area contributed by atoms with Crippen molar-refractivity contribution in [2.75, 3.05) is 0 Å². The number of aliphatic hydroxyl groups is 1. The first-order valence-corrected chi connectivity index (χ1v) is 13.0. The highest BCUT2D eigenvalue weighted by Gasteiger charge is 2.61. The zero-order valence-electron chi connectivity index (χ0n) is 20.9. The summed E-state index contributed by atoms with van der Waals surface area (Å²) in [5, 5.41) is 20.8. The topological polar surface area (TPSA) is 57.5 Å². The Morgan fingerprint density at radius 3 is 2.56 bits per heavy atom. The lowest BCUT2D eigenvalue weighted by Gasteiger charge is -2.55. The van der Waals surface area contributed by atoms with E-state index >= 15 is 0 Å². The lowest BCUT2D eigenvalue weighted by atomic mass is 9.49. The van der Waals surface area contributed by atoms with Crippen molar-refractivity contribution < 1.29 is 15.0 Å². The van der Waals surface area contributed by atoms with Gasteiger partial charge in [0.15, 0.2) is 0 Å². The number of carboxylic acid groups (broad SMARTS) is 1. The fourth-order valence-electron chi connectivity index (χ4n) is 8.34. The van der Waals surface area contributed by atoms with E-state index in [4.69, 9.17) is 0 Å². The van der Waals surface area contributed by atoms with Crippen molar-refractivity contribution in [3.05, 3.63) is 34.9 Å². The molecule has 3 nitrogen and oxygen atoms in total. The molecule has 32 heavy (non-hydrogen) atoms. The van der Waals surface area contributed by atoms with Crippen LogP contribution in [0.5, 0.6) is 0 Å². The van der Waals surface area contributed by atoms with Crippen LogP contribution in [0.25, 0.3) is 0 Å². The molecule has 4 aliphatic carbocycles. The van der Waals surface area contributed by atoms with E-state index in [0.717, 1.165) is 32.1 Å². The molecule has 0 amide bonds. The summed E-state index contributed by atoms with van der Waals surface area (Å²) in [5.74, 6) is 1.64. The third-order valence-corrected chi connectivity index (χ3v) is 10.3. The van der Waals surface area contributed by atoms with Crippen molar-refractivity contribution in [3.8, 4) is 0 Å². The Hall–Kier alpha value is -1.35. The third-order valence-electron chi connectivity index (χ3n) is 10.3. The van der Waals surface area contributed by atoms with Crippen molar-refractivity contribution in [3.63, 3.8) is 0 Å². The van der Waals surface area contributed by atoms with E-state index in [0.29, 0.717) is 30.1 Å². The first-order chi connectivity index (χ1) is 15.0. The molecule has 0 aliphatic heterocycles. The van der Waals surface area contributed by atoms with Gasteiger partial charge in [-0.05, 0) is 114 Å². The van der Waals surface area contributed by atoms with E-state index < -0.39 is 17.5 Å². The van der Waals surface area contributed by atoms with E-state index in [-0.39, 0.29) is 11.3 Å². The molecule has 0 aromatic carbocycles. The lowest BCUT2D eigenvalue weighted by Crippen LogP contribution is -2.57. The summed E-state index contributed by atoms with van der Waals surface area (Å²) in [7, 11) is 0. The number of rotatable bonds is 5. The molecule has 4 aliphatic rings. The fraction of sp³-hybridized carbons (Fsp3) is 0.759. The molecule has 0 aromatic rings. The zero-order chi connectivity index (χ0) is 23.4. The van der Waals surface area contributed by atoms with Crippen molar-refractivity contribution in [1.82, 2.24) is 0 Å². The van der Waals surface area contributed by atoms with Crippen LogP contribution in [-0.2, 0) is 4.79 Å². The molecule has 0 bridgehead atoms. The number of hydrogen-bond donors (Lipinski definition) is 2. The second kappa shape index (κ2) is 8.46. The van der Waals surface area contributed by atoms with Crippen LogP contribution in [0.4, 0.5) is 0 Å². The van der Waals surface area contributed by atoms with Crippen LogP contribution in [0.15, 0.2) is 34.9 Å². The average Bonchev–Trinajstić information content (AvgIpc) is 3.12. The van der Waals surface area contributed by atoms with Gasteiger partial charge in [0.05, 0.1) is 11.5 Å². The molecule has 2 N–H and O–H groups in total. The molecule has 0 spiro atoms. The SMILES string of the molecule is C=C1[C@@H]([C@H](C)CCC=C(C)C)CC[C@H]2C3=C(C[C@@H]12)[C@@]1(C)CC[C@H](O)[C@@](C)(C(=O)O)[C@H]1CC3. The Kier molecular flexibility index (Phi) is 6.29.